The van der Waals surface area contributed by atoms with Gasteiger partial charge in [-0.05, 0) is 24.3 Å². The van der Waals surface area contributed by atoms with Crippen LogP contribution in [0.5, 0.6) is 11.5 Å². The van der Waals surface area contributed by atoms with Crippen LogP contribution in [-0.2, 0) is 10.0 Å². The molecule has 4 rings (SSSR count). The van der Waals surface area contributed by atoms with Crippen molar-refractivity contribution in [2.45, 2.75) is 4.90 Å². The second kappa shape index (κ2) is 8.84. The van der Waals surface area contributed by atoms with Crippen molar-refractivity contribution in [3.8, 4) is 11.5 Å². The van der Waals surface area contributed by atoms with Crippen molar-refractivity contribution in [3.05, 3.63) is 47.5 Å². The van der Waals surface area contributed by atoms with E-state index in [0.29, 0.717) is 48.7 Å². The molecule has 31 heavy (non-hydrogen) atoms. The van der Waals surface area contributed by atoms with Crippen LogP contribution in [-0.4, -0.2) is 77.1 Å². The summed E-state index contributed by atoms with van der Waals surface area (Å²) >= 11 is 6.33. The lowest BCUT2D eigenvalue weighted by Crippen LogP contribution is -2.53. The molecule has 0 N–H and O–H groups in total. The first-order valence-electron chi connectivity index (χ1n) is 9.99. The van der Waals surface area contributed by atoms with E-state index in [1.165, 1.54) is 30.7 Å². The second-order valence-electron chi connectivity index (χ2n) is 7.20. The molecule has 0 spiro atoms. The quantitative estimate of drug-likeness (QED) is 0.677. The Morgan fingerprint density at radius 3 is 2.26 bits per heavy atom. The van der Waals surface area contributed by atoms with Gasteiger partial charge in [0.2, 0.25) is 5.96 Å². The summed E-state index contributed by atoms with van der Waals surface area (Å²) in [6.45, 7) is 3.52. The fraction of sp³-hybridized carbons (Fsp3) is 0.381. The second-order valence-corrected chi connectivity index (χ2v) is 9.47. The van der Waals surface area contributed by atoms with E-state index in [1.807, 2.05) is 29.2 Å². The fourth-order valence-electron chi connectivity index (χ4n) is 3.86. The number of ether oxygens (including phenoxy) is 2. The molecule has 166 valence electrons. The molecule has 2 aromatic carbocycles. The van der Waals surface area contributed by atoms with E-state index in [2.05, 4.69) is 9.89 Å². The number of benzene rings is 2. The summed E-state index contributed by atoms with van der Waals surface area (Å²) in [5.74, 6) is 1.34. The third-order valence-electron chi connectivity index (χ3n) is 5.48. The molecule has 2 aliphatic heterocycles. The van der Waals surface area contributed by atoms with Crippen LogP contribution in [0.15, 0.2) is 52.4 Å². The van der Waals surface area contributed by atoms with Gasteiger partial charge in [0.05, 0.1) is 42.9 Å². The predicted octanol–water partition coefficient (Wildman–Crippen LogP) is 2.54. The van der Waals surface area contributed by atoms with Gasteiger partial charge in [-0.15, -0.1) is 0 Å². The number of rotatable bonds is 5. The highest BCUT2D eigenvalue weighted by molar-refractivity contribution is 7.89. The van der Waals surface area contributed by atoms with E-state index >= 15 is 0 Å². The van der Waals surface area contributed by atoms with Gasteiger partial charge in [-0.2, -0.15) is 0 Å². The number of hydrogen-bond acceptors (Lipinski definition) is 7. The van der Waals surface area contributed by atoms with Gasteiger partial charge >= 0.3 is 0 Å². The Kier molecular flexibility index (Phi) is 6.15. The van der Waals surface area contributed by atoms with Gasteiger partial charge in [0.15, 0.2) is 11.5 Å². The van der Waals surface area contributed by atoms with E-state index in [-0.39, 0.29) is 4.90 Å². The fourth-order valence-corrected chi connectivity index (χ4v) is 5.58. The van der Waals surface area contributed by atoms with Crippen molar-refractivity contribution in [2.75, 3.05) is 58.4 Å². The van der Waals surface area contributed by atoms with E-state index in [1.54, 1.807) is 6.07 Å². The highest BCUT2D eigenvalue weighted by Crippen LogP contribution is 2.32. The van der Waals surface area contributed by atoms with Gasteiger partial charge in [0.1, 0.15) is 0 Å². The number of anilines is 1. The van der Waals surface area contributed by atoms with Gasteiger partial charge in [0, 0.05) is 32.2 Å². The molecule has 1 fully saturated rings. The summed E-state index contributed by atoms with van der Waals surface area (Å²) in [6.07, 6.45) is 0. The Morgan fingerprint density at radius 2 is 1.58 bits per heavy atom. The van der Waals surface area contributed by atoms with Gasteiger partial charge in [-0.25, -0.2) is 12.7 Å². The highest BCUT2D eigenvalue weighted by Gasteiger charge is 2.35. The third kappa shape index (κ3) is 4.12. The number of halogens is 1. The van der Waals surface area contributed by atoms with Crippen molar-refractivity contribution in [1.29, 1.82) is 0 Å². The molecule has 0 unspecified atom stereocenters. The molecule has 0 aliphatic carbocycles. The van der Waals surface area contributed by atoms with Crippen LogP contribution in [0.4, 0.5) is 5.69 Å². The Labute approximate surface area is 187 Å². The molecule has 2 aromatic rings. The van der Waals surface area contributed by atoms with Crippen molar-refractivity contribution in [2.24, 2.45) is 4.99 Å². The molecule has 1 saturated heterocycles. The minimum absolute atomic E-state index is 0.148. The molecule has 0 amide bonds. The smallest absolute Gasteiger partial charge is 0.266 e. The van der Waals surface area contributed by atoms with Crippen LogP contribution in [0, 0.1) is 0 Å². The average Bonchev–Trinajstić information content (AvgIpc) is 3.30. The molecule has 2 heterocycles. The zero-order valence-corrected chi connectivity index (χ0v) is 19.1. The Balaban J connectivity index is 1.51. The van der Waals surface area contributed by atoms with Crippen molar-refractivity contribution < 1.29 is 17.9 Å². The van der Waals surface area contributed by atoms with E-state index < -0.39 is 10.0 Å². The Hall–Kier alpha value is -2.65. The van der Waals surface area contributed by atoms with Crippen LogP contribution < -0.4 is 14.4 Å². The third-order valence-corrected chi connectivity index (χ3v) is 7.57. The molecule has 0 atom stereocenters. The number of aliphatic imine (C=N–C) groups is 1. The Bertz CT molecular complexity index is 1080. The topological polar surface area (TPSA) is 74.7 Å². The van der Waals surface area contributed by atoms with Crippen LogP contribution in [0.25, 0.3) is 0 Å². The maximum atomic E-state index is 13.4. The van der Waals surface area contributed by atoms with Gasteiger partial charge < -0.3 is 19.3 Å². The lowest BCUT2D eigenvalue weighted by Gasteiger charge is -2.39. The standard InChI is InChI=1S/C21H25ClN4O4S/c1-29-19-8-7-16(15-20(19)30-2)31(27,28)26-10-9-23-21(26)25-13-11-24(12-14-25)18-6-4-3-5-17(18)22/h3-8,15H,9-14H2,1-2H3. The summed E-state index contributed by atoms with van der Waals surface area (Å²) in [6, 6.07) is 12.4. The lowest BCUT2D eigenvalue weighted by atomic mass is 10.2. The summed E-state index contributed by atoms with van der Waals surface area (Å²) in [5, 5.41) is 0.715. The number of sulfonamides is 1. The molecule has 10 heteroatoms. The number of hydrogen-bond donors (Lipinski definition) is 0. The minimum Gasteiger partial charge on any atom is -0.493 e. The van der Waals surface area contributed by atoms with Crippen molar-refractivity contribution >= 4 is 33.3 Å². The Morgan fingerprint density at radius 1 is 0.903 bits per heavy atom. The first-order chi connectivity index (χ1) is 15.0. The molecule has 8 nitrogen and oxygen atoms in total. The molecule has 2 aliphatic rings. The number of methoxy groups -OCH3 is 2. The average molecular weight is 465 g/mol. The number of piperazine rings is 1. The maximum absolute atomic E-state index is 13.4. The zero-order valence-electron chi connectivity index (χ0n) is 17.5. The van der Waals surface area contributed by atoms with Crippen molar-refractivity contribution in [3.63, 3.8) is 0 Å². The van der Waals surface area contributed by atoms with Gasteiger partial charge in [-0.1, -0.05) is 23.7 Å². The van der Waals surface area contributed by atoms with Crippen LogP contribution in [0.1, 0.15) is 0 Å². The SMILES string of the molecule is COc1ccc(S(=O)(=O)N2CCN=C2N2CCN(c3ccccc3Cl)CC2)cc1OC. The van der Waals surface area contributed by atoms with E-state index in [9.17, 15) is 8.42 Å². The highest BCUT2D eigenvalue weighted by atomic mass is 35.5. The largest absolute Gasteiger partial charge is 0.493 e. The minimum atomic E-state index is -3.78. The maximum Gasteiger partial charge on any atom is 0.266 e. The summed E-state index contributed by atoms with van der Waals surface area (Å²) in [4.78, 5) is 8.90. The van der Waals surface area contributed by atoms with Crippen LogP contribution in [0.3, 0.4) is 0 Å². The van der Waals surface area contributed by atoms with Crippen LogP contribution >= 0.6 is 11.6 Å². The van der Waals surface area contributed by atoms with E-state index in [4.69, 9.17) is 21.1 Å². The van der Waals surface area contributed by atoms with E-state index in [0.717, 1.165) is 18.8 Å². The monoisotopic (exact) mass is 464 g/mol. The first-order valence-corrected chi connectivity index (χ1v) is 11.8. The molecule has 0 radical (unpaired) electrons. The molecule has 0 bridgehead atoms. The summed E-state index contributed by atoms with van der Waals surface area (Å²) in [5.41, 5.74) is 0.993. The summed E-state index contributed by atoms with van der Waals surface area (Å²) < 4.78 is 38.6. The summed E-state index contributed by atoms with van der Waals surface area (Å²) in [7, 11) is -0.782. The van der Waals surface area contributed by atoms with Crippen molar-refractivity contribution in [1.82, 2.24) is 9.21 Å². The predicted molar refractivity (Wildman–Crippen MR) is 121 cm³/mol. The van der Waals surface area contributed by atoms with Gasteiger partial charge in [0.25, 0.3) is 10.0 Å². The number of guanidine groups is 1. The van der Waals surface area contributed by atoms with Gasteiger partial charge in [-0.3, -0.25) is 4.99 Å². The number of nitrogens with zero attached hydrogens (tertiary/aromatic N) is 4. The number of para-hydroxylation sites is 1. The molecule has 0 saturated carbocycles. The van der Waals surface area contributed by atoms with Crippen LogP contribution in [0.2, 0.25) is 5.02 Å². The molecule has 0 aromatic heterocycles. The zero-order chi connectivity index (χ0) is 22.0. The lowest BCUT2D eigenvalue weighted by molar-refractivity contribution is 0.352. The molecular weight excluding hydrogens is 440 g/mol. The first kappa shape index (κ1) is 21.6. The molecular formula is C21H25ClN4O4S. The normalized spacial score (nSPS) is 17.0.